The second-order valence-corrected chi connectivity index (χ2v) is 6.84. The Morgan fingerprint density at radius 1 is 0.880 bits per heavy atom. The Kier molecular flexibility index (Phi) is 3.66. The Morgan fingerprint density at radius 3 is 2.36 bits per heavy atom. The largest absolute Gasteiger partial charge is 0.379 e. The molecule has 25 heavy (non-hydrogen) atoms. The number of hydrogen-bond acceptors (Lipinski definition) is 6. The SMILES string of the molecule is O=S(=O)(Oc1ccc(-n2cnnn2)cc1)c1ccc2ccccc2c1. The van der Waals surface area contributed by atoms with E-state index < -0.39 is 10.1 Å². The van der Waals surface area contributed by atoms with Crippen LogP contribution < -0.4 is 4.18 Å². The van der Waals surface area contributed by atoms with E-state index in [2.05, 4.69) is 15.5 Å². The summed E-state index contributed by atoms with van der Waals surface area (Å²) < 4.78 is 31.7. The van der Waals surface area contributed by atoms with Crippen LogP contribution in [0.1, 0.15) is 0 Å². The Bertz CT molecular complexity index is 1120. The monoisotopic (exact) mass is 352 g/mol. The molecule has 4 rings (SSSR count). The van der Waals surface area contributed by atoms with Crippen LogP contribution in [-0.4, -0.2) is 28.6 Å². The molecule has 0 amide bonds. The number of hydrogen-bond donors (Lipinski definition) is 0. The number of tetrazole rings is 1. The van der Waals surface area contributed by atoms with Crippen LogP contribution >= 0.6 is 0 Å². The quantitative estimate of drug-likeness (QED) is 0.525. The van der Waals surface area contributed by atoms with E-state index in [1.807, 2.05) is 24.3 Å². The van der Waals surface area contributed by atoms with E-state index >= 15 is 0 Å². The minimum absolute atomic E-state index is 0.107. The molecule has 0 saturated heterocycles. The fourth-order valence-corrected chi connectivity index (χ4v) is 3.40. The molecule has 3 aromatic carbocycles. The molecule has 0 spiro atoms. The fourth-order valence-electron chi connectivity index (χ4n) is 2.43. The van der Waals surface area contributed by atoms with Gasteiger partial charge in [-0.1, -0.05) is 30.3 Å². The summed E-state index contributed by atoms with van der Waals surface area (Å²) in [6.45, 7) is 0. The summed E-state index contributed by atoms with van der Waals surface area (Å²) in [5.41, 5.74) is 0.695. The third-order valence-corrected chi connectivity index (χ3v) is 4.91. The first-order valence-electron chi connectivity index (χ1n) is 7.39. The standard InChI is InChI=1S/C17H12N4O3S/c22-25(23,17-10-5-13-3-1-2-4-14(13)11-17)24-16-8-6-15(7-9-16)21-12-18-19-20-21/h1-12H. The molecule has 0 saturated carbocycles. The van der Waals surface area contributed by atoms with Crippen LogP contribution in [0.5, 0.6) is 5.75 Å². The van der Waals surface area contributed by atoms with Gasteiger partial charge >= 0.3 is 10.1 Å². The Morgan fingerprint density at radius 2 is 1.64 bits per heavy atom. The molecule has 0 bridgehead atoms. The van der Waals surface area contributed by atoms with Crippen LogP contribution in [0.3, 0.4) is 0 Å². The highest BCUT2D eigenvalue weighted by Gasteiger charge is 2.17. The zero-order valence-corrected chi connectivity index (χ0v) is 13.7. The molecule has 0 aliphatic carbocycles. The van der Waals surface area contributed by atoms with Crippen molar-refractivity contribution < 1.29 is 12.6 Å². The first-order chi connectivity index (χ1) is 12.1. The molecule has 0 atom stereocenters. The highest BCUT2D eigenvalue weighted by molar-refractivity contribution is 7.87. The average Bonchev–Trinajstić information content (AvgIpc) is 3.16. The Balaban J connectivity index is 1.61. The van der Waals surface area contributed by atoms with Gasteiger partial charge in [0.05, 0.1) is 5.69 Å². The predicted molar refractivity (Wildman–Crippen MR) is 90.9 cm³/mol. The molecule has 4 aromatic rings. The molecule has 1 aromatic heterocycles. The van der Waals surface area contributed by atoms with Gasteiger partial charge in [-0.15, -0.1) is 5.10 Å². The van der Waals surface area contributed by atoms with Gasteiger partial charge in [-0.05, 0) is 57.6 Å². The summed E-state index contributed by atoms with van der Waals surface area (Å²) in [4.78, 5) is 0.107. The zero-order valence-electron chi connectivity index (χ0n) is 12.9. The Labute approximate surface area is 143 Å². The molecule has 0 aliphatic heterocycles. The van der Waals surface area contributed by atoms with E-state index in [0.29, 0.717) is 5.69 Å². The first kappa shape index (κ1) is 15.3. The van der Waals surface area contributed by atoms with Crippen molar-refractivity contribution in [3.05, 3.63) is 73.1 Å². The van der Waals surface area contributed by atoms with Gasteiger partial charge in [-0.25, -0.2) is 4.68 Å². The van der Waals surface area contributed by atoms with Gasteiger partial charge in [0.25, 0.3) is 0 Å². The maximum Gasteiger partial charge on any atom is 0.339 e. The van der Waals surface area contributed by atoms with Gasteiger partial charge in [0.15, 0.2) is 0 Å². The fraction of sp³-hybridized carbons (Fsp3) is 0. The number of aromatic nitrogens is 4. The highest BCUT2D eigenvalue weighted by Crippen LogP contribution is 2.23. The summed E-state index contributed by atoms with van der Waals surface area (Å²) in [5.74, 6) is 0.213. The number of benzene rings is 3. The van der Waals surface area contributed by atoms with E-state index in [0.717, 1.165) is 10.8 Å². The maximum absolute atomic E-state index is 12.5. The van der Waals surface area contributed by atoms with Crippen molar-refractivity contribution in [1.29, 1.82) is 0 Å². The second kappa shape index (κ2) is 5.99. The third kappa shape index (κ3) is 3.07. The van der Waals surface area contributed by atoms with Gasteiger partial charge in [-0.2, -0.15) is 8.42 Å². The van der Waals surface area contributed by atoms with Gasteiger partial charge in [-0.3, -0.25) is 0 Å². The van der Waals surface area contributed by atoms with Gasteiger partial charge in [0.2, 0.25) is 0 Å². The van der Waals surface area contributed by atoms with Gasteiger partial charge in [0, 0.05) is 0 Å². The van der Waals surface area contributed by atoms with E-state index in [4.69, 9.17) is 4.18 Å². The van der Waals surface area contributed by atoms with Crippen LogP contribution in [-0.2, 0) is 10.1 Å². The highest BCUT2D eigenvalue weighted by atomic mass is 32.2. The molecule has 0 N–H and O–H groups in total. The zero-order chi connectivity index (χ0) is 17.3. The normalized spacial score (nSPS) is 11.5. The van der Waals surface area contributed by atoms with Crippen molar-refractivity contribution in [2.45, 2.75) is 4.90 Å². The molecule has 0 fully saturated rings. The third-order valence-electron chi connectivity index (χ3n) is 3.67. The average molecular weight is 352 g/mol. The first-order valence-corrected chi connectivity index (χ1v) is 8.79. The Hall–Kier alpha value is -3.26. The van der Waals surface area contributed by atoms with Crippen molar-refractivity contribution in [1.82, 2.24) is 20.2 Å². The number of nitrogens with zero attached hydrogens (tertiary/aromatic N) is 4. The molecule has 0 radical (unpaired) electrons. The molecule has 124 valence electrons. The summed E-state index contributed by atoms with van der Waals surface area (Å²) in [6, 6.07) is 18.9. The summed E-state index contributed by atoms with van der Waals surface area (Å²) in [6.07, 6.45) is 1.45. The van der Waals surface area contributed by atoms with Crippen molar-refractivity contribution in [3.8, 4) is 11.4 Å². The van der Waals surface area contributed by atoms with Gasteiger partial charge < -0.3 is 4.18 Å². The molecule has 0 unspecified atom stereocenters. The summed E-state index contributed by atoms with van der Waals surface area (Å²) >= 11 is 0. The lowest BCUT2D eigenvalue weighted by Gasteiger charge is -2.08. The summed E-state index contributed by atoms with van der Waals surface area (Å²) in [5, 5.41) is 12.7. The number of rotatable bonds is 4. The lowest BCUT2D eigenvalue weighted by molar-refractivity contribution is 0.486. The molecule has 1 heterocycles. The van der Waals surface area contributed by atoms with Crippen LogP contribution in [0.25, 0.3) is 16.5 Å². The van der Waals surface area contributed by atoms with Crippen molar-refractivity contribution in [2.75, 3.05) is 0 Å². The minimum Gasteiger partial charge on any atom is -0.379 e. The maximum atomic E-state index is 12.5. The lowest BCUT2D eigenvalue weighted by Crippen LogP contribution is -2.09. The lowest BCUT2D eigenvalue weighted by atomic mass is 10.1. The minimum atomic E-state index is -3.92. The topological polar surface area (TPSA) is 87.0 Å². The predicted octanol–water partition coefficient (Wildman–Crippen LogP) is 2.58. The van der Waals surface area contributed by atoms with Crippen LogP contribution in [0.15, 0.2) is 78.0 Å². The van der Waals surface area contributed by atoms with E-state index in [9.17, 15) is 8.42 Å². The van der Waals surface area contributed by atoms with Crippen molar-refractivity contribution in [3.63, 3.8) is 0 Å². The van der Waals surface area contributed by atoms with Crippen LogP contribution in [0.4, 0.5) is 0 Å². The molecule has 0 aliphatic rings. The molecule has 7 nitrogen and oxygen atoms in total. The molecule has 8 heteroatoms. The molecular formula is C17H12N4O3S. The second-order valence-electron chi connectivity index (χ2n) is 5.29. The smallest absolute Gasteiger partial charge is 0.339 e. The van der Waals surface area contributed by atoms with Gasteiger partial charge in [0.1, 0.15) is 17.0 Å². The number of fused-ring (bicyclic) bond motifs is 1. The van der Waals surface area contributed by atoms with Crippen LogP contribution in [0, 0.1) is 0 Å². The van der Waals surface area contributed by atoms with E-state index in [1.54, 1.807) is 36.4 Å². The van der Waals surface area contributed by atoms with E-state index in [-0.39, 0.29) is 10.6 Å². The van der Waals surface area contributed by atoms with Crippen molar-refractivity contribution in [2.24, 2.45) is 0 Å². The summed E-state index contributed by atoms with van der Waals surface area (Å²) in [7, 11) is -3.92. The molecular weight excluding hydrogens is 340 g/mol. The van der Waals surface area contributed by atoms with Crippen LogP contribution in [0.2, 0.25) is 0 Å². The van der Waals surface area contributed by atoms with E-state index in [1.165, 1.54) is 17.1 Å². The van der Waals surface area contributed by atoms with Crippen molar-refractivity contribution >= 4 is 20.9 Å².